The lowest BCUT2D eigenvalue weighted by atomic mass is 10.0. The van der Waals surface area contributed by atoms with Gasteiger partial charge in [-0.3, -0.25) is 4.68 Å². The number of thiazole rings is 1. The summed E-state index contributed by atoms with van der Waals surface area (Å²) in [7, 11) is -3.62. The van der Waals surface area contributed by atoms with Crippen LogP contribution in [0.15, 0.2) is 22.7 Å². The molecule has 2 aromatic heterocycles. The number of hydrogen-bond acceptors (Lipinski definition) is 5. The number of sulfonamides is 1. The van der Waals surface area contributed by atoms with Crippen molar-refractivity contribution in [2.24, 2.45) is 0 Å². The van der Waals surface area contributed by atoms with Crippen LogP contribution in [0.25, 0.3) is 0 Å². The number of nitrogens with zero attached hydrogens (tertiary/aromatic N) is 3. The molecule has 2 heterocycles. The third-order valence-electron chi connectivity index (χ3n) is 3.40. The van der Waals surface area contributed by atoms with Gasteiger partial charge in [-0.25, -0.2) is 13.4 Å². The lowest BCUT2D eigenvalue weighted by Gasteiger charge is -2.26. The Morgan fingerprint density at radius 2 is 2.14 bits per heavy atom. The van der Waals surface area contributed by atoms with Gasteiger partial charge in [0.1, 0.15) is 9.90 Å². The maximum Gasteiger partial charge on any atom is 0.244 e. The van der Waals surface area contributed by atoms with Crippen molar-refractivity contribution in [3.63, 3.8) is 0 Å². The highest BCUT2D eigenvalue weighted by Crippen LogP contribution is 2.29. The van der Waals surface area contributed by atoms with Gasteiger partial charge in [0.05, 0.1) is 11.7 Å². The van der Waals surface area contributed by atoms with E-state index >= 15 is 0 Å². The quantitative estimate of drug-likeness (QED) is 0.882. The average Bonchev–Trinajstić information content (AvgIpc) is 3.07. The van der Waals surface area contributed by atoms with Gasteiger partial charge in [-0.15, -0.1) is 11.3 Å². The molecular formula is C13H20N4O2S2. The highest BCUT2D eigenvalue weighted by atomic mass is 32.2. The van der Waals surface area contributed by atoms with Gasteiger partial charge in [-0.05, 0) is 27.2 Å². The zero-order valence-electron chi connectivity index (χ0n) is 12.6. The molecule has 6 nitrogen and oxygen atoms in total. The SMILES string of the molecule is CCn1cc(S(=O)(=O)NC(C)(CC)c2nc(C)cs2)cn1. The van der Waals surface area contributed by atoms with Gasteiger partial charge in [0.25, 0.3) is 0 Å². The molecule has 0 aliphatic rings. The summed E-state index contributed by atoms with van der Waals surface area (Å²) in [6.45, 7) is 8.23. The van der Waals surface area contributed by atoms with Gasteiger partial charge in [-0.2, -0.15) is 9.82 Å². The molecular weight excluding hydrogens is 308 g/mol. The van der Waals surface area contributed by atoms with Crippen molar-refractivity contribution in [2.75, 3.05) is 0 Å². The summed E-state index contributed by atoms with van der Waals surface area (Å²) in [5.74, 6) is 0. The van der Waals surface area contributed by atoms with E-state index in [1.807, 2.05) is 33.1 Å². The minimum Gasteiger partial charge on any atom is -0.272 e. The molecule has 0 aromatic carbocycles. The van der Waals surface area contributed by atoms with E-state index in [1.54, 1.807) is 4.68 Å². The fourth-order valence-corrected chi connectivity index (χ4v) is 4.34. The van der Waals surface area contributed by atoms with E-state index in [-0.39, 0.29) is 4.90 Å². The molecule has 2 aromatic rings. The standard InChI is InChI=1S/C13H20N4O2S2/c1-5-13(4,12-15-10(3)9-20-12)16-21(18,19)11-7-14-17(6-2)8-11/h7-9,16H,5-6H2,1-4H3. The van der Waals surface area contributed by atoms with Gasteiger partial charge in [0, 0.05) is 23.8 Å². The Morgan fingerprint density at radius 3 is 2.62 bits per heavy atom. The normalized spacial score (nSPS) is 15.0. The van der Waals surface area contributed by atoms with Crippen LogP contribution in [0.4, 0.5) is 0 Å². The smallest absolute Gasteiger partial charge is 0.244 e. The van der Waals surface area contributed by atoms with Crippen LogP contribution in [0, 0.1) is 6.92 Å². The second-order valence-electron chi connectivity index (χ2n) is 5.12. The summed E-state index contributed by atoms with van der Waals surface area (Å²) in [6.07, 6.45) is 3.52. The Labute approximate surface area is 129 Å². The molecule has 1 N–H and O–H groups in total. The van der Waals surface area contributed by atoms with Crippen LogP contribution < -0.4 is 4.72 Å². The third-order valence-corrected chi connectivity index (χ3v) is 6.18. The molecule has 21 heavy (non-hydrogen) atoms. The minimum atomic E-state index is -3.62. The molecule has 1 atom stereocenters. The molecule has 1 unspecified atom stereocenters. The summed E-state index contributed by atoms with van der Waals surface area (Å²) >= 11 is 1.47. The predicted octanol–water partition coefficient (Wildman–Crippen LogP) is 2.27. The molecule has 0 fully saturated rings. The first-order valence-corrected chi connectivity index (χ1v) is 9.16. The van der Waals surface area contributed by atoms with Crippen LogP contribution in [-0.2, 0) is 22.1 Å². The van der Waals surface area contributed by atoms with Gasteiger partial charge in [0.2, 0.25) is 10.0 Å². The third kappa shape index (κ3) is 3.33. The van der Waals surface area contributed by atoms with Crippen molar-refractivity contribution in [3.05, 3.63) is 28.5 Å². The topological polar surface area (TPSA) is 76.9 Å². The Morgan fingerprint density at radius 1 is 1.43 bits per heavy atom. The second kappa shape index (κ2) is 5.86. The van der Waals surface area contributed by atoms with E-state index < -0.39 is 15.6 Å². The lowest BCUT2D eigenvalue weighted by Crippen LogP contribution is -2.42. The van der Waals surface area contributed by atoms with Crippen LogP contribution in [0.3, 0.4) is 0 Å². The molecule has 0 saturated heterocycles. The van der Waals surface area contributed by atoms with Crippen LogP contribution in [-0.4, -0.2) is 23.2 Å². The maximum atomic E-state index is 12.5. The molecule has 8 heteroatoms. The minimum absolute atomic E-state index is 0.178. The number of aromatic nitrogens is 3. The zero-order chi connectivity index (χ0) is 15.7. The summed E-state index contributed by atoms with van der Waals surface area (Å²) in [5.41, 5.74) is 0.180. The van der Waals surface area contributed by atoms with Gasteiger partial charge in [-0.1, -0.05) is 6.92 Å². The van der Waals surface area contributed by atoms with Crippen molar-refractivity contribution in [1.82, 2.24) is 19.5 Å². The highest BCUT2D eigenvalue weighted by molar-refractivity contribution is 7.89. The number of hydrogen-bond donors (Lipinski definition) is 1. The molecule has 116 valence electrons. The fraction of sp³-hybridized carbons (Fsp3) is 0.538. The van der Waals surface area contributed by atoms with E-state index in [2.05, 4.69) is 14.8 Å². The summed E-state index contributed by atoms with van der Waals surface area (Å²) in [5, 5.41) is 6.71. The predicted molar refractivity (Wildman–Crippen MR) is 82.7 cm³/mol. The molecule has 0 saturated carbocycles. The number of aryl methyl sites for hydroxylation is 2. The van der Waals surface area contributed by atoms with E-state index in [0.29, 0.717) is 13.0 Å². The Kier molecular flexibility index (Phi) is 4.50. The first-order chi connectivity index (χ1) is 9.80. The van der Waals surface area contributed by atoms with Crippen molar-refractivity contribution in [1.29, 1.82) is 0 Å². The van der Waals surface area contributed by atoms with Crippen LogP contribution in [0.1, 0.15) is 37.9 Å². The number of nitrogens with one attached hydrogen (secondary N) is 1. The number of rotatable bonds is 6. The Bertz CT molecular complexity index is 720. The molecule has 0 amide bonds. The van der Waals surface area contributed by atoms with Crippen molar-refractivity contribution in [2.45, 2.75) is 51.1 Å². The molecule has 0 radical (unpaired) electrons. The van der Waals surface area contributed by atoms with Crippen LogP contribution in [0.2, 0.25) is 0 Å². The molecule has 0 aliphatic carbocycles. The monoisotopic (exact) mass is 328 g/mol. The van der Waals surface area contributed by atoms with Crippen molar-refractivity contribution >= 4 is 21.4 Å². The van der Waals surface area contributed by atoms with Crippen molar-refractivity contribution < 1.29 is 8.42 Å². The molecule has 0 spiro atoms. The van der Waals surface area contributed by atoms with Gasteiger partial charge < -0.3 is 0 Å². The van der Waals surface area contributed by atoms with Gasteiger partial charge in [0.15, 0.2) is 0 Å². The van der Waals surface area contributed by atoms with E-state index in [9.17, 15) is 8.42 Å². The van der Waals surface area contributed by atoms with E-state index in [4.69, 9.17) is 0 Å². The first kappa shape index (κ1) is 16.1. The second-order valence-corrected chi connectivity index (χ2v) is 7.66. The highest BCUT2D eigenvalue weighted by Gasteiger charge is 2.34. The van der Waals surface area contributed by atoms with Crippen LogP contribution in [0.5, 0.6) is 0 Å². The van der Waals surface area contributed by atoms with E-state index in [1.165, 1.54) is 23.7 Å². The first-order valence-electron chi connectivity index (χ1n) is 6.80. The molecule has 2 rings (SSSR count). The Hall–Kier alpha value is -1.25. The summed E-state index contributed by atoms with van der Waals surface area (Å²) in [6, 6.07) is 0. The lowest BCUT2D eigenvalue weighted by molar-refractivity contribution is 0.414. The Balaban J connectivity index is 2.32. The molecule has 0 aliphatic heterocycles. The largest absolute Gasteiger partial charge is 0.272 e. The fourth-order valence-electron chi connectivity index (χ4n) is 1.89. The molecule has 0 bridgehead atoms. The summed E-state index contributed by atoms with van der Waals surface area (Å²) in [4.78, 5) is 4.60. The van der Waals surface area contributed by atoms with Crippen LogP contribution >= 0.6 is 11.3 Å². The zero-order valence-corrected chi connectivity index (χ0v) is 14.3. The average molecular weight is 328 g/mol. The van der Waals surface area contributed by atoms with Gasteiger partial charge >= 0.3 is 0 Å². The summed E-state index contributed by atoms with van der Waals surface area (Å²) < 4.78 is 29.4. The maximum absolute atomic E-state index is 12.5. The van der Waals surface area contributed by atoms with Crippen molar-refractivity contribution in [3.8, 4) is 0 Å². The van der Waals surface area contributed by atoms with E-state index in [0.717, 1.165) is 10.7 Å².